The summed E-state index contributed by atoms with van der Waals surface area (Å²) in [6, 6.07) is 8.62. The van der Waals surface area contributed by atoms with Crippen molar-refractivity contribution in [1.82, 2.24) is 9.88 Å². The smallest absolute Gasteiger partial charge is 0.0712 e. The summed E-state index contributed by atoms with van der Waals surface area (Å²) < 4.78 is 2.12. The van der Waals surface area contributed by atoms with Crippen LogP contribution in [0.3, 0.4) is 0 Å². The average Bonchev–Trinajstić information content (AvgIpc) is 2.71. The molecule has 0 radical (unpaired) electrons. The Morgan fingerprint density at radius 2 is 2.06 bits per heavy atom. The van der Waals surface area contributed by atoms with E-state index in [1.54, 1.807) is 0 Å². The highest BCUT2D eigenvalue weighted by Crippen LogP contribution is 2.25. The van der Waals surface area contributed by atoms with Crippen LogP contribution in [0.5, 0.6) is 0 Å². The third-order valence-electron chi connectivity index (χ3n) is 4.02. The molecule has 0 atom stereocenters. The third kappa shape index (κ3) is 2.16. The summed E-state index contributed by atoms with van der Waals surface area (Å²) in [6.07, 6.45) is 4.53. The predicted molar refractivity (Wildman–Crippen MR) is 73.7 cm³/mol. The maximum absolute atomic E-state index is 10.6. The lowest BCUT2D eigenvalue weighted by Gasteiger charge is -2.32. The van der Waals surface area contributed by atoms with Crippen LogP contribution in [0.1, 0.15) is 18.4 Å². The minimum atomic E-state index is -0.520. The van der Waals surface area contributed by atoms with Crippen LogP contribution >= 0.6 is 0 Å². The molecule has 1 aliphatic rings. The Balaban J connectivity index is 1.85. The quantitative estimate of drug-likeness (QED) is 0.846. The van der Waals surface area contributed by atoms with Crippen molar-refractivity contribution in [3.05, 3.63) is 36.0 Å². The van der Waals surface area contributed by atoms with E-state index in [2.05, 4.69) is 47.4 Å². The fraction of sp³-hybridized carbons (Fsp3) is 0.467. The van der Waals surface area contributed by atoms with Gasteiger partial charge in [0.2, 0.25) is 0 Å². The van der Waals surface area contributed by atoms with Gasteiger partial charge in [-0.25, -0.2) is 0 Å². The first kappa shape index (κ1) is 11.8. The lowest BCUT2D eigenvalue weighted by Crippen LogP contribution is -2.43. The molecule has 0 spiro atoms. The standard InChI is InChI=1S/C15H20N2O/c1-17-9-4-13-10-12(2-3-14(13)17)11-15(18)5-7-16-8-6-15/h2-4,9-10,16,18H,5-8,11H2,1H3. The Kier molecular flexibility index (Phi) is 2.88. The second-order valence-corrected chi connectivity index (χ2v) is 5.47. The van der Waals surface area contributed by atoms with E-state index in [-0.39, 0.29) is 0 Å². The Hall–Kier alpha value is -1.32. The lowest BCUT2D eigenvalue weighted by atomic mass is 9.86. The van der Waals surface area contributed by atoms with Gasteiger partial charge in [0, 0.05) is 25.2 Å². The summed E-state index contributed by atoms with van der Waals surface area (Å²) >= 11 is 0. The number of hydrogen-bond acceptors (Lipinski definition) is 2. The van der Waals surface area contributed by atoms with Gasteiger partial charge in [-0.1, -0.05) is 6.07 Å². The molecule has 96 valence electrons. The van der Waals surface area contributed by atoms with Gasteiger partial charge in [0.1, 0.15) is 0 Å². The summed E-state index contributed by atoms with van der Waals surface area (Å²) in [5, 5.41) is 15.1. The molecule has 1 aliphatic heterocycles. The molecule has 1 saturated heterocycles. The van der Waals surface area contributed by atoms with E-state index in [1.807, 2.05) is 0 Å². The number of piperidine rings is 1. The van der Waals surface area contributed by atoms with E-state index in [0.717, 1.165) is 32.4 Å². The topological polar surface area (TPSA) is 37.2 Å². The van der Waals surface area contributed by atoms with Crippen LogP contribution in [-0.2, 0) is 13.5 Å². The zero-order valence-corrected chi connectivity index (χ0v) is 10.8. The summed E-state index contributed by atoms with van der Waals surface area (Å²) in [7, 11) is 2.06. The molecule has 0 unspecified atom stereocenters. The largest absolute Gasteiger partial charge is 0.389 e. The van der Waals surface area contributed by atoms with E-state index in [9.17, 15) is 5.11 Å². The van der Waals surface area contributed by atoms with Crippen molar-refractivity contribution in [3.63, 3.8) is 0 Å². The molecule has 0 aliphatic carbocycles. The maximum atomic E-state index is 10.6. The van der Waals surface area contributed by atoms with E-state index < -0.39 is 5.60 Å². The molecule has 1 aromatic heterocycles. The Labute approximate surface area is 107 Å². The van der Waals surface area contributed by atoms with Gasteiger partial charge in [-0.2, -0.15) is 0 Å². The second-order valence-electron chi connectivity index (χ2n) is 5.47. The Morgan fingerprint density at radius 3 is 2.83 bits per heavy atom. The van der Waals surface area contributed by atoms with Crippen LogP contribution in [0.25, 0.3) is 10.9 Å². The number of aliphatic hydroxyl groups is 1. The summed E-state index contributed by atoms with van der Waals surface area (Å²) in [4.78, 5) is 0. The summed E-state index contributed by atoms with van der Waals surface area (Å²) in [6.45, 7) is 1.84. The molecule has 1 aromatic carbocycles. The Bertz CT molecular complexity index is 553. The minimum absolute atomic E-state index is 0.520. The van der Waals surface area contributed by atoms with Gasteiger partial charge in [-0.3, -0.25) is 0 Å². The van der Waals surface area contributed by atoms with E-state index in [4.69, 9.17) is 0 Å². The molecule has 3 heteroatoms. The van der Waals surface area contributed by atoms with Crippen LogP contribution in [0.15, 0.2) is 30.5 Å². The molecule has 3 rings (SSSR count). The molecule has 2 aromatic rings. The number of aromatic nitrogens is 1. The van der Waals surface area contributed by atoms with Crippen LogP contribution in [0.2, 0.25) is 0 Å². The predicted octanol–water partition coefficient (Wildman–Crippen LogP) is 1.84. The van der Waals surface area contributed by atoms with Gasteiger partial charge in [0.05, 0.1) is 5.60 Å². The number of aryl methyl sites for hydroxylation is 1. The molecule has 0 saturated carbocycles. The van der Waals surface area contributed by atoms with Gasteiger partial charge in [-0.05, 0) is 55.1 Å². The number of benzene rings is 1. The number of rotatable bonds is 2. The number of hydrogen-bond donors (Lipinski definition) is 2. The molecular weight excluding hydrogens is 224 g/mol. The van der Waals surface area contributed by atoms with Crippen molar-refractivity contribution >= 4 is 10.9 Å². The zero-order chi connectivity index (χ0) is 12.6. The molecule has 2 heterocycles. The van der Waals surface area contributed by atoms with Gasteiger partial charge >= 0.3 is 0 Å². The summed E-state index contributed by atoms with van der Waals surface area (Å²) in [5.74, 6) is 0. The van der Waals surface area contributed by atoms with Crippen molar-refractivity contribution < 1.29 is 5.11 Å². The summed E-state index contributed by atoms with van der Waals surface area (Å²) in [5.41, 5.74) is 1.96. The minimum Gasteiger partial charge on any atom is -0.389 e. The van der Waals surface area contributed by atoms with Crippen molar-refractivity contribution in [2.45, 2.75) is 24.9 Å². The van der Waals surface area contributed by atoms with Crippen molar-refractivity contribution in [3.8, 4) is 0 Å². The second kappa shape index (κ2) is 4.41. The van der Waals surface area contributed by atoms with Crippen molar-refractivity contribution in [1.29, 1.82) is 0 Å². The molecule has 0 bridgehead atoms. The fourth-order valence-electron chi connectivity index (χ4n) is 2.89. The van der Waals surface area contributed by atoms with Gasteiger partial charge in [0.15, 0.2) is 0 Å². The van der Waals surface area contributed by atoms with Gasteiger partial charge < -0.3 is 15.0 Å². The molecule has 18 heavy (non-hydrogen) atoms. The average molecular weight is 244 g/mol. The Morgan fingerprint density at radius 1 is 1.28 bits per heavy atom. The van der Waals surface area contributed by atoms with Gasteiger partial charge in [-0.15, -0.1) is 0 Å². The molecule has 3 nitrogen and oxygen atoms in total. The first-order chi connectivity index (χ1) is 8.66. The van der Waals surface area contributed by atoms with Crippen molar-refractivity contribution in [2.75, 3.05) is 13.1 Å². The van der Waals surface area contributed by atoms with E-state index >= 15 is 0 Å². The lowest BCUT2D eigenvalue weighted by molar-refractivity contribution is 0.0109. The number of nitrogens with one attached hydrogen (secondary N) is 1. The van der Waals surface area contributed by atoms with Crippen molar-refractivity contribution in [2.24, 2.45) is 7.05 Å². The highest BCUT2D eigenvalue weighted by atomic mass is 16.3. The number of fused-ring (bicyclic) bond motifs is 1. The van der Waals surface area contributed by atoms with Crippen LogP contribution < -0.4 is 5.32 Å². The molecular formula is C15H20N2O. The van der Waals surface area contributed by atoms with Crippen LogP contribution in [-0.4, -0.2) is 28.4 Å². The highest BCUT2D eigenvalue weighted by molar-refractivity contribution is 5.80. The molecule has 0 amide bonds. The van der Waals surface area contributed by atoms with Gasteiger partial charge in [0.25, 0.3) is 0 Å². The first-order valence-electron chi connectivity index (χ1n) is 6.63. The SMILES string of the molecule is Cn1ccc2cc(CC3(O)CCNCC3)ccc21. The van der Waals surface area contributed by atoms with Crippen LogP contribution in [0.4, 0.5) is 0 Å². The van der Waals surface area contributed by atoms with E-state index in [0.29, 0.717) is 0 Å². The third-order valence-corrected chi connectivity index (χ3v) is 4.02. The maximum Gasteiger partial charge on any atom is 0.0712 e. The molecule has 2 N–H and O–H groups in total. The fourth-order valence-corrected chi connectivity index (χ4v) is 2.89. The monoisotopic (exact) mass is 244 g/mol. The molecule has 1 fully saturated rings. The number of nitrogens with zero attached hydrogens (tertiary/aromatic N) is 1. The van der Waals surface area contributed by atoms with Crippen LogP contribution in [0, 0.1) is 0 Å². The zero-order valence-electron chi connectivity index (χ0n) is 10.8. The highest BCUT2D eigenvalue weighted by Gasteiger charge is 2.29. The normalized spacial score (nSPS) is 19.2. The van der Waals surface area contributed by atoms with E-state index in [1.165, 1.54) is 16.5 Å². The first-order valence-corrected chi connectivity index (χ1v) is 6.63.